The van der Waals surface area contributed by atoms with Crippen LogP contribution in [0, 0.1) is 10.1 Å². The molecule has 11 heteroatoms. The summed E-state index contributed by atoms with van der Waals surface area (Å²) >= 11 is 6.95. The number of nitro benzene ring substituents is 1. The van der Waals surface area contributed by atoms with Crippen LogP contribution in [0.2, 0.25) is 5.02 Å². The van der Waals surface area contributed by atoms with Gasteiger partial charge >= 0.3 is 0 Å². The first-order valence-electron chi connectivity index (χ1n) is 9.60. The van der Waals surface area contributed by atoms with Crippen LogP contribution in [-0.2, 0) is 4.79 Å². The third-order valence-electron chi connectivity index (χ3n) is 4.55. The predicted molar refractivity (Wildman–Crippen MR) is 126 cm³/mol. The Kier molecular flexibility index (Phi) is 6.57. The van der Waals surface area contributed by atoms with Crippen LogP contribution in [0.25, 0.3) is 17.1 Å². The largest absolute Gasteiger partial charge is 0.507 e. The number of phenols is 1. The van der Waals surface area contributed by atoms with Crippen molar-refractivity contribution in [1.29, 1.82) is 0 Å². The molecule has 0 fully saturated rings. The maximum absolute atomic E-state index is 12.5. The maximum Gasteiger partial charge on any atom is 0.289 e. The SMILES string of the molecule is O=C(CSc1nnc(-c2ccccc2O)n1-c1ccccc1)Nc1ccc(Cl)c([N+](=O)[O-])c1. The van der Waals surface area contributed by atoms with Gasteiger partial charge in [-0.05, 0) is 36.4 Å². The first-order valence-corrected chi connectivity index (χ1v) is 11.0. The summed E-state index contributed by atoms with van der Waals surface area (Å²) in [4.78, 5) is 22.9. The molecule has 0 aliphatic rings. The first-order chi connectivity index (χ1) is 15.9. The van der Waals surface area contributed by atoms with Crippen molar-refractivity contribution < 1.29 is 14.8 Å². The van der Waals surface area contributed by atoms with Crippen LogP contribution >= 0.6 is 23.4 Å². The molecule has 0 aliphatic heterocycles. The van der Waals surface area contributed by atoms with E-state index in [9.17, 15) is 20.0 Å². The van der Waals surface area contributed by atoms with Gasteiger partial charge in [-0.25, -0.2) is 0 Å². The summed E-state index contributed by atoms with van der Waals surface area (Å²) in [6.45, 7) is 0. The molecule has 0 radical (unpaired) electrons. The highest BCUT2D eigenvalue weighted by atomic mass is 35.5. The van der Waals surface area contributed by atoms with E-state index in [2.05, 4.69) is 15.5 Å². The lowest BCUT2D eigenvalue weighted by molar-refractivity contribution is -0.384. The number of nitrogens with one attached hydrogen (secondary N) is 1. The van der Waals surface area contributed by atoms with Crippen molar-refractivity contribution in [3.05, 3.63) is 87.9 Å². The number of benzene rings is 3. The number of carbonyl (C=O) groups excluding carboxylic acids is 1. The summed E-state index contributed by atoms with van der Waals surface area (Å²) in [7, 11) is 0. The van der Waals surface area contributed by atoms with Gasteiger partial charge in [0.05, 0.1) is 16.2 Å². The fraction of sp³-hybridized carbons (Fsp3) is 0.0455. The number of phenolic OH excluding ortho intramolecular Hbond substituents is 1. The molecule has 1 aromatic heterocycles. The van der Waals surface area contributed by atoms with Crippen molar-refractivity contribution in [2.45, 2.75) is 5.16 Å². The Hall–Kier alpha value is -3.89. The van der Waals surface area contributed by atoms with Gasteiger partial charge in [0.25, 0.3) is 5.69 Å². The lowest BCUT2D eigenvalue weighted by atomic mass is 10.2. The van der Waals surface area contributed by atoms with E-state index < -0.39 is 4.92 Å². The molecule has 1 heterocycles. The smallest absolute Gasteiger partial charge is 0.289 e. The van der Waals surface area contributed by atoms with Gasteiger partial charge in [-0.2, -0.15) is 0 Å². The third kappa shape index (κ3) is 4.97. The van der Waals surface area contributed by atoms with Crippen LogP contribution in [-0.4, -0.2) is 36.5 Å². The van der Waals surface area contributed by atoms with E-state index in [1.807, 2.05) is 30.3 Å². The molecule has 2 N–H and O–H groups in total. The minimum Gasteiger partial charge on any atom is -0.507 e. The van der Waals surface area contributed by atoms with Crippen molar-refractivity contribution in [3.8, 4) is 22.8 Å². The van der Waals surface area contributed by atoms with Gasteiger partial charge in [-0.1, -0.05) is 53.7 Å². The van der Waals surface area contributed by atoms with E-state index in [1.54, 1.807) is 28.8 Å². The van der Waals surface area contributed by atoms with Gasteiger partial charge in [0.1, 0.15) is 10.8 Å². The molecule has 4 rings (SSSR count). The van der Waals surface area contributed by atoms with Gasteiger partial charge < -0.3 is 10.4 Å². The van der Waals surface area contributed by atoms with Gasteiger partial charge in [0.15, 0.2) is 11.0 Å². The molecule has 3 aromatic carbocycles. The zero-order valence-corrected chi connectivity index (χ0v) is 18.5. The van der Waals surface area contributed by atoms with Crippen LogP contribution in [0.5, 0.6) is 5.75 Å². The van der Waals surface area contributed by atoms with Crippen LogP contribution in [0.1, 0.15) is 0 Å². The Labute approximate surface area is 197 Å². The molecule has 4 aromatic rings. The fourth-order valence-electron chi connectivity index (χ4n) is 3.07. The van der Waals surface area contributed by atoms with E-state index in [-0.39, 0.29) is 33.8 Å². The zero-order valence-electron chi connectivity index (χ0n) is 16.9. The summed E-state index contributed by atoms with van der Waals surface area (Å²) in [6, 6.07) is 20.2. The van der Waals surface area contributed by atoms with E-state index >= 15 is 0 Å². The van der Waals surface area contributed by atoms with Gasteiger partial charge in [0, 0.05) is 17.4 Å². The number of halogens is 1. The Balaban J connectivity index is 1.58. The molecule has 166 valence electrons. The zero-order chi connectivity index (χ0) is 23.4. The number of hydrogen-bond acceptors (Lipinski definition) is 7. The Bertz CT molecular complexity index is 1330. The lowest BCUT2D eigenvalue weighted by Crippen LogP contribution is -2.14. The lowest BCUT2D eigenvalue weighted by Gasteiger charge is -2.11. The second-order valence-electron chi connectivity index (χ2n) is 6.75. The second-order valence-corrected chi connectivity index (χ2v) is 8.10. The molecular weight excluding hydrogens is 466 g/mol. The Morgan fingerprint density at radius 1 is 1.09 bits per heavy atom. The molecule has 0 unspecified atom stereocenters. The number of rotatable bonds is 7. The van der Waals surface area contributed by atoms with E-state index in [4.69, 9.17) is 11.6 Å². The van der Waals surface area contributed by atoms with E-state index in [0.29, 0.717) is 16.5 Å². The first kappa shape index (κ1) is 22.3. The number of carbonyl (C=O) groups is 1. The number of anilines is 1. The maximum atomic E-state index is 12.5. The number of thioether (sulfide) groups is 1. The van der Waals surface area contributed by atoms with Gasteiger partial charge in [0.2, 0.25) is 5.91 Å². The molecule has 0 bridgehead atoms. The third-order valence-corrected chi connectivity index (χ3v) is 5.80. The quantitative estimate of drug-likeness (QED) is 0.218. The average molecular weight is 482 g/mol. The van der Waals surface area contributed by atoms with Crippen LogP contribution in [0.3, 0.4) is 0 Å². The molecule has 0 saturated heterocycles. The number of aromatic nitrogens is 3. The Morgan fingerprint density at radius 2 is 1.82 bits per heavy atom. The highest BCUT2D eigenvalue weighted by Gasteiger charge is 2.20. The number of nitro groups is 1. The molecule has 0 saturated carbocycles. The van der Waals surface area contributed by atoms with Crippen molar-refractivity contribution in [2.24, 2.45) is 0 Å². The molecule has 0 aliphatic carbocycles. The summed E-state index contributed by atoms with van der Waals surface area (Å²) in [6.07, 6.45) is 0. The molecule has 0 spiro atoms. The van der Waals surface area contributed by atoms with Crippen LogP contribution in [0.4, 0.5) is 11.4 Å². The van der Waals surface area contributed by atoms with Crippen molar-refractivity contribution in [3.63, 3.8) is 0 Å². The molecular formula is C22H16ClN5O4S. The predicted octanol–water partition coefficient (Wildman–Crippen LogP) is 4.93. The number of para-hydroxylation sites is 2. The highest BCUT2D eigenvalue weighted by molar-refractivity contribution is 7.99. The minimum absolute atomic E-state index is 0.0139. The van der Waals surface area contributed by atoms with Crippen molar-refractivity contribution >= 4 is 40.6 Å². The second kappa shape index (κ2) is 9.72. The monoisotopic (exact) mass is 481 g/mol. The Morgan fingerprint density at radius 3 is 2.55 bits per heavy atom. The fourth-order valence-corrected chi connectivity index (χ4v) is 4.01. The summed E-state index contributed by atoms with van der Waals surface area (Å²) in [5.74, 6) is 0.0712. The molecule has 33 heavy (non-hydrogen) atoms. The standard InChI is InChI=1S/C22H16ClN5O4S/c23-17-11-10-14(12-18(17)28(31)32)24-20(30)13-33-22-26-25-21(16-8-4-5-9-19(16)29)27(22)15-6-2-1-3-7-15/h1-12,29H,13H2,(H,24,30). The average Bonchev–Trinajstić information content (AvgIpc) is 3.23. The minimum atomic E-state index is -0.615. The van der Waals surface area contributed by atoms with Crippen LogP contribution in [0.15, 0.2) is 78.0 Å². The van der Waals surface area contributed by atoms with Crippen molar-refractivity contribution in [1.82, 2.24) is 14.8 Å². The normalized spacial score (nSPS) is 10.7. The van der Waals surface area contributed by atoms with Gasteiger partial charge in [-0.3, -0.25) is 19.5 Å². The molecule has 9 nitrogen and oxygen atoms in total. The van der Waals surface area contributed by atoms with E-state index in [0.717, 1.165) is 17.4 Å². The number of aromatic hydroxyl groups is 1. The molecule has 0 atom stereocenters. The summed E-state index contributed by atoms with van der Waals surface area (Å²) in [5, 5.41) is 32.9. The van der Waals surface area contributed by atoms with Gasteiger partial charge in [-0.15, -0.1) is 10.2 Å². The molecule has 1 amide bonds. The van der Waals surface area contributed by atoms with E-state index in [1.165, 1.54) is 18.2 Å². The topological polar surface area (TPSA) is 123 Å². The number of amides is 1. The number of nitrogens with zero attached hydrogens (tertiary/aromatic N) is 4. The summed E-state index contributed by atoms with van der Waals surface area (Å²) in [5.41, 5.74) is 1.23. The highest BCUT2D eigenvalue weighted by Crippen LogP contribution is 2.33. The number of hydrogen-bond donors (Lipinski definition) is 2. The van der Waals surface area contributed by atoms with Crippen molar-refractivity contribution in [2.75, 3.05) is 11.1 Å². The summed E-state index contributed by atoms with van der Waals surface area (Å²) < 4.78 is 1.75. The van der Waals surface area contributed by atoms with Crippen LogP contribution < -0.4 is 5.32 Å².